The maximum Gasteiger partial charge on any atom is 0.249 e. The number of carbonyl (C=O) groups is 1. The standard InChI is InChI=1S/C7H11NO/c1-5-4-8(3)7(9)6(5)2/h5H,2,4H2,1,3H3. The molecule has 1 aliphatic rings. The fourth-order valence-corrected chi connectivity index (χ4v) is 1.06. The van der Waals surface area contributed by atoms with Crippen LogP contribution in [0.4, 0.5) is 0 Å². The second kappa shape index (κ2) is 1.87. The van der Waals surface area contributed by atoms with E-state index >= 15 is 0 Å². The summed E-state index contributed by atoms with van der Waals surface area (Å²) in [5, 5.41) is 0. The maximum absolute atomic E-state index is 10.9. The lowest BCUT2D eigenvalue weighted by molar-refractivity contribution is -0.123. The smallest absolute Gasteiger partial charge is 0.249 e. The highest BCUT2D eigenvalue weighted by atomic mass is 16.2. The van der Waals surface area contributed by atoms with Gasteiger partial charge in [0.1, 0.15) is 0 Å². The first-order valence-electron chi connectivity index (χ1n) is 3.07. The van der Waals surface area contributed by atoms with Gasteiger partial charge in [0.05, 0.1) is 0 Å². The van der Waals surface area contributed by atoms with Crippen LogP contribution in [0.1, 0.15) is 6.92 Å². The van der Waals surface area contributed by atoms with Gasteiger partial charge < -0.3 is 4.90 Å². The van der Waals surface area contributed by atoms with E-state index in [1.54, 1.807) is 11.9 Å². The fourth-order valence-electron chi connectivity index (χ4n) is 1.06. The Morgan fingerprint density at radius 2 is 2.33 bits per heavy atom. The predicted molar refractivity (Wildman–Crippen MR) is 35.9 cm³/mol. The SMILES string of the molecule is C=C1C(=O)N(C)CC1C. The Morgan fingerprint density at radius 3 is 2.44 bits per heavy atom. The van der Waals surface area contributed by atoms with Crippen LogP contribution in [0.2, 0.25) is 0 Å². The summed E-state index contributed by atoms with van der Waals surface area (Å²) in [6.45, 7) is 6.52. The van der Waals surface area contributed by atoms with E-state index in [0.29, 0.717) is 5.92 Å². The van der Waals surface area contributed by atoms with Gasteiger partial charge in [-0.15, -0.1) is 0 Å². The Kier molecular flexibility index (Phi) is 1.31. The number of rotatable bonds is 0. The molecule has 0 spiro atoms. The Labute approximate surface area is 55.2 Å². The van der Waals surface area contributed by atoms with Crippen molar-refractivity contribution >= 4 is 5.91 Å². The second-order valence-electron chi connectivity index (χ2n) is 2.61. The summed E-state index contributed by atoms with van der Waals surface area (Å²) in [6, 6.07) is 0. The van der Waals surface area contributed by atoms with Crippen molar-refractivity contribution in [1.82, 2.24) is 4.90 Å². The molecule has 0 radical (unpaired) electrons. The van der Waals surface area contributed by atoms with Crippen molar-refractivity contribution in [2.75, 3.05) is 13.6 Å². The van der Waals surface area contributed by atoms with Gasteiger partial charge in [0.25, 0.3) is 0 Å². The molecule has 1 atom stereocenters. The van der Waals surface area contributed by atoms with E-state index in [4.69, 9.17) is 0 Å². The monoisotopic (exact) mass is 125 g/mol. The minimum atomic E-state index is 0.0995. The molecule has 1 aliphatic heterocycles. The molecule has 1 unspecified atom stereocenters. The first-order chi connectivity index (χ1) is 4.13. The molecule has 50 valence electrons. The van der Waals surface area contributed by atoms with Crippen molar-refractivity contribution in [2.45, 2.75) is 6.92 Å². The fraction of sp³-hybridized carbons (Fsp3) is 0.571. The van der Waals surface area contributed by atoms with E-state index in [1.807, 2.05) is 6.92 Å². The minimum Gasteiger partial charge on any atom is -0.341 e. The molecule has 1 amide bonds. The average molecular weight is 125 g/mol. The van der Waals surface area contributed by atoms with E-state index in [2.05, 4.69) is 6.58 Å². The molecule has 0 aromatic rings. The maximum atomic E-state index is 10.9. The molecule has 0 saturated carbocycles. The molecule has 1 saturated heterocycles. The van der Waals surface area contributed by atoms with Crippen LogP contribution in [0.3, 0.4) is 0 Å². The molecule has 1 fully saturated rings. The van der Waals surface area contributed by atoms with Gasteiger partial charge in [0, 0.05) is 25.1 Å². The third-order valence-electron chi connectivity index (χ3n) is 1.76. The van der Waals surface area contributed by atoms with Gasteiger partial charge in [-0.05, 0) is 0 Å². The molecule has 0 aliphatic carbocycles. The lowest BCUT2D eigenvalue weighted by atomic mass is 10.1. The van der Waals surface area contributed by atoms with Crippen LogP contribution in [-0.2, 0) is 4.79 Å². The van der Waals surface area contributed by atoms with E-state index in [9.17, 15) is 4.79 Å². The number of hydrogen-bond donors (Lipinski definition) is 0. The number of carbonyl (C=O) groups excluding carboxylic acids is 1. The van der Waals surface area contributed by atoms with Crippen LogP contribution < -0.4 is 0 Å². The van der Waals surface area contributed by atoms with E-state index < -0.39 is 0 Å². The zero-order valence-electron chi connectivity index (χ0n) is 5.85. The summed E-state index contributed by atoms with van der Waals surface area (Å²) in [4.78, 5) is 12.6. The first-order valence-corrected chi connectivity index (χ1v) is 3.07. The highest BCUT2D eigenvalue weighted by molar-refractivity contribution is 5.95. The normalized spacial score (nSPS) is 27.8. The molecule has 0 aromatic heterocycles. The summed E-state index contributed by atoms with van der Waals surface area (Å²) in [6.07, 6.45) is 0. The van der Waals surface area contributed by atoms with Crippen LogP contribution in [0.25, 0.3) is 0 Å². The number of amides is 1. The zero-order valence-corrected chi connectivity index (χ0v) is 5.85. The molecular formula is C7H11NO. The Hall–Kier alpha value is -0.790. The van der Waals surface area contributed by atoms with Crippen molar-refractivity contribution in [3.8, 4) is 0 Å². The molecule has 0 aromatic carbocycles. The molecule has 2 heteroatoms. The van der Waals surface area contributed by atoms with Gasteiger partial charge in [-0.25, -0.2) is 0 Å². The number of hydrogen-bond acceptors (Lipinski definition) is 1. The van der Waals surface area contributed by atoms with Crippen molar-refractivity contribution in [3.63, 3.8) is 0 Å². The van der Waals surface area contributed by atoms with Gasteiger partial charge in [-0.3, -0.25) is 4.79 Å². The molecule has 0 N–H and O–H groups in total. The lowest BCUT2D eigenvalue weighted by Gasteiger charge is -2.04. The van der Waals surface area contributed by atoms with E-state index in [-0.39, 0.29) is 5.91 Å². The van der Waals surface area contributed by atoms with Crippen LogP contribution in [-0.4, -0.2) is 24.4 Å². The molecule has 9 heavy (non-hydrogen) atoms. The summed E-state index contributed by atoms with van der Waals surface area (Å²) in [5.41, 5.74) is 0.748. The first kappa shape index (κ1) is 6.33. The molecule has 0 bridgehead atoms. The molecular weight excluding hydrogens is 114 g/mol. The molecule has 2 nitrogen and oxygen atoms in total. The lowest BCUT2D eigenvalue weighted by Crippen LogP contribution is -2.19. The number of nitrogens with zero attached hydrogens (tertiary/aromatic N) is 1. The van der Waals surface area contributed by atoms with Gasteiger partial charge >= 0.3 is 0 Å². The Balaban J connectivity index is 2.77. The second-order valence-corrected chi connectivity index (χ2v) is 2.61. The van der Waals surface area contributed by atoms with Crippen LogP contribution in [0.15, 0.2) is 12.2 Å². The quantitative estimate of drug-likeness (QED) is 0.435. The van der Waals surface area contributed by atoms with Crippen molar-refractivity contribution < 1.29 is 4.79 Å². The summed E-state index contributed by atoms with van der Waals surface area (Å²) >= 11 is 0. The van der Waals surface area contributed by atoms with Gasteiger partial charge in [0.2, 0.25) is 5.91 Å². The third kappa shape index (κ3) is 0.846. The number of likely N-dealkylation sites (N-methyl/N-ethyl adjacent to an activating group) is 1. The Bertz CT molecular complexity index is 144. The zero-order chi connectivity index (χ0) is 7.02. The highest BCUT2D eigenvalue weighted by Crippen LogP contribution is 2.19. The molecule has 1 heterocycles. The van der Waals surface area contributed by atoms with Crippen molar-refractivity contribution in [3.05, 3.63) is 12.2 Å². The highest BCUT2D eigenvalue weighted by Gasteiger charge is 2.27. The van der Waals surface area contributed by atoms with Crippen molar-refractivity contribution in [1.29, 1.82) is 0 Å². The summed E-state index contributed by atoms with van der Waals surface area (Å²) < 4.78 is 0. The average Bonchev–Trinajstić information content (AvgIpc) is 1.98. The van der Waals surface area contributed by atoms with Crippen molar-refractivity contribution in [2.24, 2.45) is 5.92 Å². The Morgan fingerprint density at radius 1 is 1.78 bits per heavy atom. The predicted octanol–water partition coefficient (Wildman–Crippen LogP) is 0.651. The van der Waals surface area contributed by atoms with Crippen LogP contribution >= 0.6 is 0 Å². The van der Waals surface area contributed by atoms with Gasteiger partial charge in [-0.2, -0.15) is 0 Å². The molecule has 1 rings (SSSR count). The third-order valence-corrected chi connectivity index (χ3v) is 1.76. The van der Waals surface area contributed by atoms with Crippen LogP contribution in [0.5, 0.6) is 0 Å². The van der Waals surface area contributed by atoms with E-state index in [1.165, 1.54) is 0 Å². The van der Waals surface area contributed by atoms with Gasteiger partial charge in [0.15, 0.2) is 0 Å². The van der Waals surface area contributed by atoms with Gasteiger partial charge in [-0.1, -0.05) is 13.5 Å². The summed E-state index contributed by atoms with van der Waals surface area (Å²) in [7, 11) is 1.80. The largest absolute Gasteiger partial charge is 0.341 e. The van der Waals surface area contributed by atoms with Crippen LogP contribution in [0, 0.1) is 5.92 Å². The number of likely N-dealkylation sites (tertiary alicyclic amines) is 1. The topological polar surface area (TPSA) is 20.3 Å². The minimum absolute atomic E-state index is 0.0995. The van der Waals surface area contributed by atoms with E-state index in [0.717, 1.165) is 12.1 Å². The summed E-state index contributed by atoms with van der Waals surface area (Å²) in [5.74, 6) is 0.449.